The number of Topliss-reactive ketones (excluding diaryl/α,β-unsaturated/α-hetero) is 1. The molecule has 0 amide bonds. The summed E-state index contributed by atoms with van der Waals surface area (Å²) in [4.78, 5) is 11.9. The molecule has 104 valence electrons. The van der Waals surface area contributed by atoms with Crippen LogP contribution in [0, 0.1) is 11.8 Å². The summed E-state index contributed by atoms with van der Waals surface area (Å²) in [6.45, 7) is 0. The van der Waals surface area contributed by atoms with Gasteiger partial charge in [-0.3, -0.25) is 9.35 Å². The maximum Gasteiger partial charge on any atom is 0.268 e. The molecule has 2 rings (SSSR count). The van der Waals surface area contributed by atoms with Crippen LogP contribution in [0.25, 0.3) is 0 Å². The topological polar surface area (TPSA) is 71.4 Å². The second kappa shape index (κ2) is 5.70. The van der Waals surface area contributed by atoms with Crippen LogP contribution in [-0.4, -0.2) is 24.0 Å². The maximum absolute atomic E-state index is 11.9. The zero-order valence-corrected chi connectivity index (χ0v) is 11.5. The van der Waals surface area contributed by atoms with E-state index in [0.29, 0.717) is 12.8 Å². The minimum atomic E-state index is -4.12. The van der Waals surface area contributed by atoms with Gasteiger partial charge in [-0.25, -0.2) is 0 Å². The van der Waals surface area contributed by atoms with Gasteiger partial charge in [0.1, 0.15) is 5.78 Å². The molecule has 0 aliphatic heterocycles. The van der Waals surface area contributed by atoms with Gasteiger partial charge in [-0.05, 0) is 31.6 Å². The number of ketones is 1. The highest BCUT2D eigenvalue weighted by Gasteiger charge is 2.42. The standard InChI is InChI=1S/C13H22O4S/c14-12-9-5-4-8-11(12)13(18(15,16)17)10-6-2-1-3-7-10/h10-11,13H,1-9H2,(H,15,16,17). The molecule has 0 spiro atoms. The highest BCUT2D eigenvalue weighted by molar-refractivity contribution is 7.86. The highest BCUT2D eigenvalue weighted by Crippen LogP contribution is 2.37. The number of carbonyl (C=O) groups excluding carboxylic acids is 1. The normalized spacial score (nSPS) is 29.2. The molecule has 2 fully saturated rings. The molecule has 2 saturated carbocycles. The lowest BCUT2D eigenvalue weighted by molar-refractivity contribution is -0.125. The van der Waals surface area contributed by atoms with Crippen LogP contribution in [0.2, 0.25) is 0 Å². The van der Waals surface area contributed by atoms with Crippen molar-refractivity contribution in [1.82, 2.24) is 0 Å². The van der Waals surface area contributed by atoms with Crippen molar-refractivity contribution in [2.45, 2.75) is 63.0 Å². The minimum absolute atomic E-state index is 0.0270. The van der Waals surface area contributed by atoms with Crippen LogP contribution >= 0.6 is 0 Å². The molecule has 4 nitrogen and oxygen atoms in total. The molecule has 1 N–H and O–H groups in total. The third-order valence-electron chi connectivity index (χ3n) is 4.46. The minimum Gasteiger partial charge on any atom is -0.299 e. The van der Waals surface area contributed by atoms with Gasteiger partial charge < -0.3 is 0 Å². The summed E-state index contributed by atoms with van der Waals surface area (Å²) in [7, 11) is -4.12. The first-order valence-electron chi connectivity index (χ1n) is 6.99. The largest absolute Gasteiger partial charge is 0.299 e. The van der Waals surface area contributed by atoms with Gasteiger partial charge in [-0.1, -0.05) is 25.7 Å². The van der Waals surface area contributed by atoms with Crippen molar-refractivity contribution in [3.8, 4) is 0 Å². The average Bonchev–Trinajstić information content (AvgIpc) is 2.32. The molecule has 5 heteroatoms. The Morgan fingerprint density at radius 1 is 1.00 bits per heavy atom. The maximum atomic E-state index is 11.9. The van der Waals surface area contributed by atoms with Crippen molar-refractivity contribution >= 4 is 15.9 Å². The van der Waals surface area contributed by atoms with Gasteiger partial charge in [-0.2, -0.15) is 8.42 Å². The van der Waals surface area contributed by atoms with Crippen LogP contribution in [0.15, 0.2) is 0 Å². The molecule has 0 aromatic heterocycles. The van der Waals surface area contributed by atoms with Gasteiger partial charge in [0.15, 0.2) is 0 Å². The fourth-order valence-electron chi connectivity index (χ4n) is 3.60. The SMILES string of the molecule is O=C1CCCCC1C(C1CCCCC1)S(=O)(=O)O. The Kier molecular flexibility index (Phi) is 4.43. The Balaban J connectivity index is 2.21. The van der Waals surface area contributed by atoms with Crippen molar-refractivity contribution < 1.29 is 17.8 Å². The molecule has 2 atom stereocenters. The Bertz CT molecular complexity index is 395. The van der Waals surface area contributed by atoms with Gasteiger partial charge in [0.05, 0.1) is 5.25 Å². The first-order chi connectivity index (χ1) is 8.50. The average molecular weight is 274 g/mol. The summed E-state index contributed by atoms with van der Waals surface area (Å²) in [5.41, 5.74) is 0. The summed E-state index contributed by atoms with van der Waals surface area (Å²) in [6, 6.07) is 0. The first kappa shape index (κ1) is 14.0. The van der Waals surface area contributed by atoms with Crippen LogP contribution in [0.5, 0.6) is 0 Å². The molecule has 2 aliphatic carbocycles. The van der Waals surface area contributed by atoms with Crippen LogP contribution in [0.4, 0.5) is 0 Å². The molecule has 2 unspecified atom stereocenters. The lowest BCUT2D eigenvalue weighted by Crippen LogP contribution is -2.42. The van der Waals surface area contributed by atoms with Gasteiger partial charge in [0, 0.05) is 12.3 Å². The molecule has 0 radical (unpaired) electrons. The summed E-state index contributed by atoms with van der Waals surface area (Å²) < 4.78 is 32.9. The quantitative estimate of drug-likeness (QED) is 0.803. The predicted molar refractivity (Wildman–Crippen MR) is 68.9 cm³/mol. The van der Waals surface area contributed by atoms with E-state index < -0.39 is 21.3 Å². The van der Waals surface area contributed by atoms with Crippen LogP contribution in [0.3, 0.4) is 0 Å². The second-order valence-electron chi connectivity index (χ2n) is 5.70. The number of hydrogen-bond donors (Lipinski definition) is 1. The second-order valence-corrected chi connectivity index (χ2v) is 7.27. The van der Waals surface area contributed by atoms with E-state index >= 15 is 0 Å². The monoisotopic (exact) mass is 274 g/mol. The lowest BCUT2D eigenvalue weighted by atomic mass is 9.76. The summed E-state index contributed by atoms with van der Waals surface area (Å²) >= 11 is 0. The van der Waals surface area contributed by atoms with Crippen molar-refractivity contribution in [3.63, 3.8) is 0 Å². The summed E-state index contributed by atoms with van der Waals surface area (Å²) in [6.07, 6.45) is 7.67. The molecule has 18 heavy (non-hydrogen) atoms. The molecule has 0 saturated heterocycles. The number of carbonyl (C=O) groups is 1. The highest BCUT2D eigenvalue weighted by atomic mass is 32.2. The van der Waals surface area contributed by atoms with Crippen molar-refractivity contribution in [2.75, 3.05) is 0 Å². The third-order valence-corrected chi connectivity index (χ3v) is 5.86. The Morgan fingerprint density at radius 3 is 2.17 bits per heavy atom. The van der Waals surface area contributed by atoms with Gasteiger partial charge in [0.25, 0.3) is 10.1 Å². The Labute approximate surface area is 109 Å². The van der Waals surface area contributed by atoms with Crippen LogP contribution in [-0.2, 0) is 14.9 Å². The van der Waals surface area contributed by atoms with Crippen LogP contribution < -0.4 is 0 Å². The molecular weight excluding hydrogens is 252 g/mol. The van der Waals surface area contributed by atoms with Crippen molar-refractivity contribution in [2.24, 2.45) is 11.8 Å². The van der Waals surface area contributed by atoms with E-state index in [0.717, 1.165) is 44.9 Å². The number of rotatable bonds is 3. The lowest BCUT2D eigenvalue weighted by Gasteiger charge is -2.34. The predicted octanol–water partition coefficient (Wildman–Crippen LogP) is 2.58. The van der Waals surface area contributed by atoms with Crippen LogP contribution in [0.1, 0.15) is 57.8 Å². The Hall–Kier alpha value is -0.420. The summed E-state index contributed by atoms with van der Waals surface area (Å²) in [5, 5.41) is -0.842. The first-order valence-corrected chi connectivity index (χ1v) is 8.49. The smallest absolute Gasteiger partial charge is 0.268 e. The fraction of sp³-hybridized carbons (Fsp3) is 0.923. The van der Waals surface area contributed by atoms with Gasteiger partial charge in [-0.15, -0.1) is 0 Å². The van der Waals surface area contributed by atoms with E-state index in [1.54, 1.807) is 0 Å². The van der Waals surface area contributed by atoms with Crippen molar-refractivity contribution in [1.29, 1.82) is 0 Å². The zero-order valence-electron chi connectivity index (χ0n) is 10.7. The molecule has 0 aromatic carbocycles. The van der Waals surface area contributed by atoms with E-state index in [2.05, 4.69) is 0 Å². The zero-order chi connectivity index (χ0) is 13.2. The van der Waals surface area contributed by atoms with Gasteiger partial charge in [0.2, 0.25) is 0 Å². The van der Waals surface area contributed by atoms with E-state index in [9.17, 15) is 17.8 Å². The van der Waals surface area contributed by atoms with E-state index in [1.807, 2.05) is 0 Å². The third kappa shape index (κ3) is 3.12. The Morgan fingerprint density at radius 2 is 1.61 bits per heavy atom. The molecule has 0 aromatic rings. The molecule has 2 aliphatic rings. The fourth-order valence-corrected chi connectivity index (χ4v) is 5.06. The van der Waals surface area contributed by atoms with E-state index in [4.69, 9.17) is 0 Å². The number of hydrogen-bond acceptors (Lipinski definition) is 3. The van der Waals surface area contributed by atoms with Crippen molar-refractivity contribution in [3.05, 3.63) is 0 Å². The molecule has 0 heterocycles. The van der Waals surface area contributed by atoms with E-state index in [-0.39, 0.29) is 11.7 Å². The van der Waals surface area contributed by atoms with E-state index in [1.165, 1.54) is 0 Å². The summed E-state index contributed by atoms with van der Waals surface area (Å²) in [5.74, 6) is -0.452. The molecular formula is C13H22O4S. The molecule has 0 bridgehead atoms. The van der Waals surface area contributed by atoms with Gasteiger partial charge >= 0.3 is 0 Å².